The van der Waals surface area contributed by atoms with Crippen molar-refractivity contribution in [3.63, 3.8) is 0 Å². The first-order valence-electron chi connectivity index (χ1n) is 7.67. The van der Waals surface area contributed by atoms with E-state index in [4.69, 9.17) is 9.15 Å². The van der Waals surface area contributed by atoms with Crippen LogP contribution in [0.4, 0.5) is 0 Å². The van der Waals surface area contributed by atoms with Crippen LogP contribution in [-0.4, -0.2) is 18.8 Å². The Hall–Kier alpha value is -2.30. The molecule has 120 valence electrons. The van der Waals surface area contributed by atoms with Crippen LogP contribution >= 0.6 is 0 Å². The van der Waals surface area contributed by atoms with Gasteiger partial charge in [0, 0.05) is 11.9 Å². The second-order valence-corrected chi connectivity index (χ2v) is 5.60. The molecule has 1 aromatic heterocycles. The van der Waals surface area contributed by atoms with Crippen LogP contribution in [0.15, 0.2) is 52.9 Å². The Bertz CT molecular complexity index is 777. The standard InChI is InChI=1S/C19H21NO3/c1-13-4-3-5-18-16(13)10-19(23-18)17(12-21)20-11-14-6-8-15(22-2)9-7-14/h3-10,17,20-21H,11-12H2,1-2H3/t17-/m1/s1. The van der Waals surface area contributed by atoms with Crippen molar-refractivity contribution in [2.45, 2.75) is 19.5 Å². The molecule has 2 N–H and O–H groups in total. The summed E-state index contributed by atoms with van der Waals surface area (Å²) in [5.74, 6) is 1.59. The number of nitrogens with one attached hydrogen (secondary N) is 1. The minimum absolute atomic E-state index is 0.0188. The highest BCUT2D eigenvalue weighted by Gasteiger charge is 2.15. The molecular weight excluding hydrogens is 290 g/mol. The zero-order valence-corrected chi connectivity index (χ0v) is 13.4. The number of aliphatic hydroxyl groups excluding tert-OH is 1. The third-order valence-electron chi connectivity index (χ3n) is 4.04. The number of ether oxygens (including phenoxy) is 1. The summed E-state index contributed by atoms with van der Waals surface area (Å²) in [5, 5.41) is 14.1. The van der Waals surface area contributed by atoms with E-state index in [0.717, 1.165) is 28.0 Å². The lowest BCUT2D eigenvalue weighted by molar-refractivity contribution is 0.227. The smallest absolute Gasteiger partial charge is 0.134 e. The topological polar surface area (TPSA) is 54.6 Å². The molecule has 1 atom stereocenters. The van der Waals surface area contributed by atoms with Gasteiger partial charge in [0.15, 0.2) is 0 Å². The van der Waals surface area contributed by atoms with Crippen molar-refractivity contribution in [2.75, 3.05) is 13.7 Å². The molecule has 0 unspecified atom stereocenters. The number of aryl methyl sites for hydroxylation is 1. The maximum absolute atomic E-state index is 9.69. The van der Waals surface area contributed by atoms with Crippen molar-refractivity contribution in [1.29, 1.82) is 0 Å². The predicted molar refractivity (Wildman–Crippen MR) is 90.6 cm³/mol. The molecule has 4 heteroatoms. The normalized spacial score (nSPS) is 12.5. The fraction of sp³-hybridized carbons (Fsp3) is 0.263. The van der Waals surface area contributed by atoms with Crippen LogP contribution in [0, 0.1) is 6.92 Å². The first kappa shape index (κ1) is 15.6. The Balaban J connectivity index is 1.74. The molecule has 0 aliphatic heterocycles. The summed E-state index contributed by atoms with van der Waals surface area (Å²) in [4.78, 5) is 0. The largest absolute Gasteiger partial charge is 0.497 e. The highest BCUT2D eigenvalue weighted by atomic mass is 16.5. The zero-order chi connectivity index (χ0) is 16.2. The molecule has 0 radical (unpaired) electrons. The molecule has 0 spiro atoms. The fourth-order valence-corrected chi connectivity index (χ4v) is 2.64. The summed E-state index contributed by atoms with van der Waals surface area (Å²) in [6.45, 7) is 2.68. The quantitative estimate of drug-likeness (QED) is 0.730. The van der Waals surface area contributed by atoms with Gasteiger partial charge >= 0.3 is 0 Å². The maximum atomic E-state index is 9.69. The zero-order valence-electron chi connectivity index (χ0n) is 13.4. The van der Waals surface area contributed by atoms with E-state index in [1.807, 2.05) is 42.5 Å². The Labute approximate surface area is 135 Å². The van der Waals surface area contributed by atoms with E-state index in [9.17, 15) is 5.11 Å². The van der Waals surface area contributed by atoms with Crippen molar-refractivity contribution < 1.29 is 14.3 Å². The number of fused-ring (bicyclic) bond motifs is 1. The van der Waals surface area contributed by atoms with Gasteiger partial charge in [-0.3, -0.25) is 0 Å². The molecule has 1 heterocycles. The molecule has 3 aromatic rings. The first-order chi connectivity index (χ1) is 11.2. The second-order valence-electron chi connectivity index (χ2n) is 5.60. The Morgan fingerprint density at radius 2 is 1.96 bits per heavy atom. The van der Waals surface area contributed by atoms with Gasteiger partial charge in [-0.2, -0.15) is 0 Å². The van der Waals surface area contributed by atoms with E-state index in [0.29, 0.717) is 6.54 Å². The van der Waals surface area contributed by atoms with Gasteiger partial charge in [0.1, 0.15) is 17.1 Å². The van der Waals surface area contributed by atoms with Gasteiger partial charge in [-0.1, -0.05) is 24.3 Å². The molecule has 0 aliphatic rings. The van der Waals surface area contributed by atoms with E-state index in [-0.39, 0.29) is 12.6 Å². The lowest BCUT2D eigenvalue weighted by Crippen LogP contribution is -2.23. The van der Waals surface area contributed by atoms with E-state index in [1.165, 1.54) is 5.56 Å². The minimum Gasteiger partial charge on any atom is -0.497 e. The van der Waals surface area contributed by atoms with Crippen molar-refractivity contribution >= 4 is 11.0 Å². The number of furan rings is 1. The van der Waals surface area contributed by atoms with Crippen LogP contribution in [0.2, 0.25) is 0 Å². The molecule has 0 bridgehead atoms. The van der Waals surface area contributed by atoms with Gasteiger partial charge in [-0.25, -0.2) is 0 Å². The fourth-order valence-electron chi connectivity index (χ4n) is 2.64. The lowest BCUT2D eigenvalue weighted by atomic mass is 10.1. The van der Waals surface area contributed by atoms with Gasteiger partial charge in [0.25, 0.3) is 0 Å². The number of benzene rings is 2. The minimum atomic E-state index is -0.232. The summed E-state index contributed by atoms with van der Waals surface area (Å²) < 4.78 is 11.0. The lowest BCUT2D eigenvalue weighted by Gasteiger charge is -2.14. The summed E-state index contributed by atoms with van der Waals surface area (Å²) in [7, 11) is 1.65. The van der Waals surface area contributed by atoms with Crippen LogP contribution in [-0.2, 0) is 6.54 Å². The van der Waals surface area contributed by atoms with Crippen molar-refractivity contribution in [3.8, 4) is 5.75 Å². The molecule has 0 saturated heterocycles. The van der Waals surface area contributed by atoms with Gasteiger partial charge < -0.3 is 19.6 Å². The van der Waals surface area contributed by atoms with Crippen LogP contribution in [0.1, 0.15) is 22.9 Å². The molecule has 0 aliphatic carbocycles. The van der Waals surface area contributed by atoms with Crippen molar-refractivity contribution in [2.24, 2.45) is 0 Å². The maximum Gasteiger partial charge on any atom is 0.134 e. The van der Waals surface area contributed by atoms with Crippen LogP contribution in [0.3, 0.4) is 0 Å². The number of rotatable bonds is 6. The molecule has 23 heavy (non-hydrogen) atoms. The molecule has 0 fully saturated rings. The summed E-state index contributed by atoms with van der Waals surface area (Å²) in [5.41, 5.74) is 3.14. The summed E-state index contributed by atoms with van der Waals surface area (Å²) in [6.07, 6.45) is 0. The monoisotopic (exact) mass is 311 g/mol. The first-order valence-corrected chi connectivity index (χ1v) is 7.67. The molecular formula is C19H21NO3. The predicted octanol–water partition coefficient (Wildman–Crippen LogP) is 3.57. The number of hydrogen-bond acceptors (Lipinski definition) is 4. The average molecular weight is 311 g/mol. The van der Waals surface area contributed by atoms with E-state index >= 15 is 0 Å². The van der Waals surface area contributed by atoms with Crippen LogP contribution < -0.4 is 10.1 Å². The van der Waals surface area contributed by atoms with Gasteiger partial charge in [-0.05, 0) is 42.3 Å². The van der Waals surface area contributed by atoms with E-state index in [1.54, 1.807) is 7.11 Å². The third-order valence-corrected chi connectivity index (χ3v) is 4.04. The van der Waals surface area contributed by atoms with Gasteiger partial charge in [-0.15, -0.1) is 0 Å². The molecule has 0 saturated carbocycles. The molecule has 0 amide bonds. The molecule has 2 aromatic carbocycles. The van der Waals surface area contributed by atoms with Crippen LogP contribution in [0.25, 0.3) is 11.0 Å². The van der Waals surface area contributed by atoms with Gasteiger partial charge in [0.2, 0.25) is 0 Å². The van der Waals surface area contributed by atoms with E-state index < -0.39 is 0 Å². The molecule has 4 nitrogen and oxygen atoms in total. The Morgan fingerprint density at radius 3 is 2.61 bits per heavy atom. The number of aliphatic hydroxyl groups is 1. The van der Waals surface area contributed by atoms with Gasteiger partial charge in [0.05, 0.1) is 19.8 Å². The summed E-state index contributed by atoms with van der Waals surface area (Å²) >= 11 is 0. The highest BCUT2D eigenvalue weighted by molar-refractivity contribution is 5.81. The van der Waals surface area contributed by atoms with Crippen LogP contribution in [0.5, 0.6) is 5.75 Å². The Kier molecular flexibility index (Phi) is 4.65. The SMILES string of the molecule is COc1ccc(CN[C@H](CO)c2cc3c(C)cccc3o2)cc1. The summed E-state index contributed by atoms with van der Waals surface area (Å²) in [6, 6.07) is 15.6. The number of methoxy groups -OCH3 is 1. The highest BCUT2D eigenvalue weighted by Crippen LogP contribution is 2.26. The van der Waals surface area contributed by atoms with Crippen molar-refractivity contribution in [3.05, 3.63) is 65.4 Å². The second kappa shape index (κ2) is 6.86. The Morgan fingerprint density at radius 1 is 1.17 bits per heavy atom. The van der Waals surface area contributed by atoms with E-state index in [2.05, 4.69) is 18.3 Å². The average Bonchev–Trinajstić information content (AvgIpc) is 3.01. The molecule has 3 rings (SSSR count). The third kappa shape index (κ3) is 3.38. The number of hydrogen-bond donors (Lipinski definition) is 2. The van der Waals surface area contributed by atoms with Crippen molar-refractivity contribution in [1.82, 2.24) is 5.32 Å².